The van der Waals surface area contributed by atoms with Gasteiger partial charge < -0.3 is 9.84 Å². The zero-order valence-electron chi connectivity index (χ0n) is 9.81. The van der Waals surface area contributed by atoms with Crippen molar-refractivity contribution in [1.82, 2.24) is 0 Å². The lowest BCUT2D eigenvalue weighted by molar-refractivity contribution is -0.142. The standard InChI is InChI=1S/C13H16O4/c1-2-3-8-17-13(16)9-12(15)10-6-4-5-7-11(10)14/h4-7,14H,2-3,8-9H2,1H3. The van der Waals surface area contributed by atoms with Crippen LogP contribution in [0.5, 0.6) is 5.75 Å². The third kappa shape index (κ3) is 4.26. The number of hydrogen-bond acceptors (Lipinski definition) is 4. The Labute approximate surface area is 100 Å². The number of phenolic OH excluding ortho intramolecular Hbond substituents is 1. The zero-order chi connectivity index (χ0) is 12.7. The second-order valence-electron chi connectivity index (χ2n) is 3.69. The molecule has 4 heteroatoms. The van der Waals surface area contributed by atoms with Crippen LogP contribution in [0.1, 0.15) is 36.5 Å². The van der Waals surface area contributed by atoms with Gasteiger partial charge in [0.15, 0.2) is 5.78 Å². The first-order valence-electron chi connectivity index (χ1n) is 5.62. The molecule has 92 valence electrons. The van der Waals surface area contributed by atoms with Crippen molar-refractivity contribution in [2.24, 2.45) is 0 Å². The highest BCUT2D eigenvalue weighted by atomic mass is 16.5. The molecule has 0 atom stereocenters. The predicted octanol–water partition coefficient (Wildman–Crippen LogP) is 2.31. The minimum atomic E-state index is -0.549. The molecule has 0 amide bonds. The van der Waals surface area contributed by atoms with Crippen LogP contribution in [-0.4, -0.2) is 23.5 Å². The van der Waals surface area contributed by atoms with Crippen molar-refractivity contribution < 1.29 is 19.4 Å². The summed E-state index contributed by atoms with van der Waals surface area (Å²) in [4.78, 5) is 22.9. The summed E-state index contributed by atoms with van der Waals surface area (Å²) in [5, 5.41) is 9.44. The molecule has 0 saturated carbocycles. The van der Waals surface area contributed by atoms with Crippen LogP contribution in [0, 0.1) is 0 Å². The van der Waals surface area contributed by atoms with Gasteiger partial charge in [0.25, 0.3) is 0 Å². The Balaban J connectivity index is 2.49. The Hall–Kier alpha value is -1.84. The van der Waals surface area contributed by atoms with Gasteiger partial charge in [-0.2, -0.15) is 0 Å². The topological polar surface area (TPSA) is 63.6 Å². The van der Waals surface area contributed by atoms with Gasteiger partial charge in [0.2, 0.25) is 0 Å². The third-order valence-electron chi connectivity index (χ3n) is 2.27. The van der Waals surface area contributed by atoms with Gasteiger partial charge in [0, 0.05) is 0 Å². The molecule has 0 fully saturated rings. The van der Waals surface area contributed by atoms with Crippen LogP contribution in [0.25, 0.3) is 0 Å². The summed E-state index contributed by atoms with van der Waals surface area (Å²) in [5.74, 6) is -1.09. The van der Waals surface area contributed by atoms with Crippen LogP contribution < -0.4 is 0 Å². The maximum Gasteiger partial charge on any atom is 0.313 e. The van der Waals surface area contributed by atoms with E-state index in [1.807, 2.05) is 6.92 Å². The number of ketones is 1. The van der Waals surface area contributed by atoms with Crippen LogP contribution >= 0.6 is 0 Å². The molecule has 0 bridgehead atoms. The fourth-order valence-electron chi connectivity index (χ4n) is 1.32. The predicted molar refractivity (Wildman–Crippen MR) is 62.9 cm³/mol. The van der Waals surface area contributed by atoms with Crippen molar-refractivity contribution in [3.63, 3.8) is 0 Å². The Morgan fingerprint density at radius 2 is 2.00 bits per heavy atom. The quantitative estimate of drug-likeness (QED) is 0.356. The Kier molecular flexibility index (Phi) is 5.20. The molecule has 0 saturated heterocycles. The molecule has 4 nitrogen and oxygen atoms in total. The lowest BCUT2D eigenvalue weighted by Gasteiger charge is -2.04. The number of hydrogen-bond donors (Lipinski definition) is 1. The number of para-hydroxylation sites is 1. The smallest absolute Gasteiger partial charge is 0.313 e. The Morgan fingerprint density at radius 3 is 2.65 bits per heavy atom. The van der Waals surface area contributed by atoms with Crippen LogP contribution in [0.4, 0.5) is 0 Å². The number of rotatable bonds is 6. The normalized spacial score (nSPS) is 9.94. The van der Waals surface area contributed by atoms with Crippen molar-refractivity contribution >= 4 is 11.8 Å². The molecular formula is C13H16O4. The zero-order valence-corrected chi connectivity index (χ0v) is 9.81. The Bertz CT molecular complexity index is 398. The number of benzene rings is 1. The number of unbranched alkanes of at least 4 members (excludes halogenated alkanes) is 1. The highest BCUT2D eigenvalue weighted by molar-refractivity contribution is 6.07. The lowest BCUT2D eigenvalue weighted by atomic mass is 10.1. The summed E-state index contributed by atoms with van der Waals surface area (Å²) in [7, 11) is 0. The number of ether oxygens (including phenoxy) is 1. The number of aromatic hydroxyl groups is 1. The number of carbonyl (C=O) groups excluding carboxylic acids is 2. The molecular weight excluding hydrogens is 220 g/mol. The van der Waals surface area contributed by atoms with Crippen molar-refractivity contribution in [2.75, 3.05) is 6.61 Å². The van der Waals surface area contributed by atoms with Gasteiger partial charge in [-0.1, -0.05) is 25.5 Å². The molecule has 0 aliphatic heterocycles. The summed E-state index contributed by atoms with van der Waals surface area (Å²) < 4.78 is 4.87. The van der Waals surface area contributed by atoms with Gasteiger partial charge >= 0.3 is 5.97 Å². The summed E-state index contributed by atoms with van der Waals surface area (Å²) in [5.41, 5.74) is 0.153. The average Bonchev–Trinajstić information content (AvgIpc) is 2.29. The second kappa shape index (κ2) is 6.68. The van der Waals surface area contributed by atoms with Crippen LogP contribution in [0.3, 0.4) is 0 Å². The van der Waals surface area contributed by atoms with E-state index in [9.17, 15) is 14.7 Å². The molecule has 0 aliphatic carbocycles. The van der Waals surface area contributed by atoms with E-state index in [0.717, 1.165) is 12.8 Å². The SMILES string of the molecule is CCCCOC(=O)CC(=O)c1ccccc1O. The summed E-state index contributed by atoms with van der Waals surface area (Å²) in [6.07, 6.45) is 1.39. The van der Waals surface area contributed by atoms with E-state index in [0.29, 0.717) is 6.61 Å². The fourth-order valence-corrected chi connectivity index (χ4v) is 1.32. The van der Waals surface area contributed by atoms with Crippen molar-refractivity contribution in [3.8, 4) is 5.75 Å². The highest BCUT2D eigenvalue weighted by Gasteiger charge is 2.15. The van der Waals surface area contributed by atoms with Crippen LogP contribution in [-0.2, 0) is 9.53 Å². The van der Waals surface area contributed by atoms with Gasteiger partial charge in [-0.3, -0.25) is 9.59 Å². The number of Topliss-reactive ketones (excluding diaryl/α,β-unsaturated/α-hetero) is 1. The molecule has 0 spiro atoms. The maximum absolute atomic E-state index is 11.6. The molecule has 0 radical (unpaired) electrons. The second-order valence-corrected chi connectivity index (χ2v) is 3.69. The van der Waals surface area contributed by atoms with Crippen molar-refractivity contribution in [1.29, 1.82) is 0 Å². The van der Waals surface area contributed by atoms with E-state index in [2.05, 4.69) is 0 Å². The van der Waals surface area contributed by atoms with E-state index in [-0.39, 0.29) is 17.7 Å². The van der Waals surface area contributed by atoms with Gasteiger partial charge in [0.05, 0.1) is 12.2 Å². The molecule has 1 aromatic rings. The van der Waals surface area contributed by atoms with Crippen LogP contribution in [0.15, 0.2) is 24.3 Å². The minimum absolute atomic E-state index is 0.112. The van der Waals surface area contributed by atoms with E-state index >= 15 is 0 Å². The molecule has 1 rings (SSSR count). The monoisotopic (exact) mass is 236 g/mol. The molecule has 1 aromatic carbocycles. The minimum Gasteiger partial charge on any atom is -0.507 e. The first kappa shape index (κ1) is 13.2. The van der Waals surface area contributed by atoms with Crippen molar-refractivity contribution in [3.05, 3.63) is 29.8 Å². The first-order chi connectivity index (χ1) is 8.15. The number of phenols is 1. The van der Waals surface area contributed by atoms with Gasteiger partial charge in [-0.05, 0) is 18.6 Å². The molecule has 0 aromatic heterocycles. The Morgan fingerprint density at radius 1 is 1.29 bits per heavy atom. The van der Waals surface area contributed by atoms with E-state index < -0.39 is 11.8 Å². The molecule has 0 aliphatic rings. The highest BCUT2D eigenvalue weighted by Crippen LogP contribution is 2.17. The lowest BCUT2D eigenvalue weighted by Crippen LogP contribution is -2.12. The number of carbonyl (C=O) groups is 2. The third-order valence-corrected chi connectivity index (χ3v) is 2.27. The van der Waals surface area contributed by atoms with E-state index in [1.54, 1.807) is 12.1 Å². The van der Waals surface area contributed by atoms with E-state index in [1.165, 1.54) is 12.1 Å². The summed E-state index contributed by atoms with van der Waals surface area (Å²) in [6, 6.07) is 6.15. The summed E-state index contributed by atoms with van der Waals surface area (Å²) in [6.45, 7) is 2.32. The van der Waals surface area contributed by atoms with Crippen LogP contribution in [0.2, 0.25) is 0 Å². The van der Waals surface area contributed by atoms with Gasteiger partial charge in [0.1, 0.15) is 12.2 Å². The molecule has 17 heavy (non-hydrogen) atoms. The number of esters is 1. The largest absolute Gasteiger partial charge is 0.507 e. The molecule has 1 N–H and O–H groups in total. The molecule has 0 unspecified atom stereocenters. The van der Waals surface area contributed by atoms with Gasteiger partial charge in [-0.25, -0.2) is 0 Å². The average molecular weight is 236 g/mol. The maximum atomic E-state index is 11.6. The summed E-state index contributed by atoms with van der Waals surface area (Å²) >= 11 is 0. The molecule has 0 heterocycles. The van der Waals surface area contributed by atoms with Crippen molar-refractivity contribution in [2.45, 2.75) is 26.2 Å². The first-order valence-corrected chi connectivity index (χ1v) is 5.62. The van der Waals surface area contributed by atoms with E-state index in [4.69, 9.17) is 4.74 Å². The fraction of sp³-hybridized carbons (Fsp3) is 0.385. The van der Waals surface area contributed by atoms with Gasteiger partial charge in [-0.15, -0.1) is 0 Å².